The Kier molecular flexibility index (Phi) is 5.93. The highest BCUT2D eigenvalue weighted by Gasteiger charge is 2.27. The van der Waals surface area contributed by atoms with E-state index < -0.39 is 0 Å². The monoisotopic (exact) mass is 403 g/mol. The molecule has 2 aromatic heterocycles. The molecule has 1 atom stereocenters. The number of nitrogens with zero attached hydrogens (tertiary/aromatic N) is 3. The standard InChI is InChI=1S/C24H25N3O3/c1-30-23(29)17-19-11-5-7-15-26(19)22(28)14-13-20-21-12-6-8-16-27(21)25-24(20)18-9-3-2-4-10-18/h2-4,6,8-10,12-14,16,19H,5,7,11,15,17H2,1H3/t19-/m0/s1. The molecular weight excluding hydrogens is 378 g/mol. The average molecular weight is 403 g/mol. The molecule has 1 aromatic carbocycles. The Morgan fingerprint density at radius 3 is 2.73 bits per heavy atom. The van der Waals surface area contributed by atoms with Crippen LogP contribution in [-0.4, -0.2) is 46.1 Å². The van der Waals surface area contributed by atoms with Crippen molar-refractivity contribution in [1.82, 2.24) is 14.5 Å². The number of pyridine rings is 1. The van der Waals surface area contributed by atoms with Crippen molar-refractivity contribution in [1.29, 1.82) is 0 Å². The van der Waals surface area contributed by atoms with Gasteiger partial charge in [0, 0.05) is 36.0 Å². The highest BCUT2D eigenvalue weighted by atomic mass is 16.5. The molecule has 3 heterocycles. The number of carbonyl (C=O) groups excluding carboxylic acids is 2. The van der Waals surface area contributed by atoms with Gasteiger partial charge in [-0.25, -0.2) is 4.52 Å². The summed E-state index contributed by atoms with van der Waals surface area (Å²) in [7, 11) is 1.38. The zero-order valence-corrected chi connectivity index (χ0v) is 17.0. The summed E-state index contributed by atoms with van der Waals surface area (Å²) >= 11 is 0. The molecule has 0 unspecified atom stereocenters. The second kappa shape index (κ2) is 8.95. The molecule has 0 aliphatic carbocycles. The average Bonchev–Trinajstić information content (AvgIpc) is 3.17. The van der Waals surface area contributed by atoms with Crippen LogP contribution in [-0.2, 0) is 14.3 Å². The van der Waals surface area contributed by atoms with E-state index in [1.807, 2.05) is 65.3 Å². The molecule has 1 aliphatic rings. The largest absolute Gasteiger partial charge is 0.469 e. The number of hydrogen-bond donors (Lipinski definition) is 0. The van der Waals surface area contributed by atoms with Gasteiger partial charge in [0.15, 0.2) is 0 Å². The molecule has 0 saturated carbocycles. The number of ether oxygens (including phenoxy) is 1. The van der Waals surface area contributed by atoms with E-state index in [1.54, 1.807) is 11.0 Å². The molecule has 1 saturated heterocycles. The third-order valence-electron chi connectivity index (χ3n) is 5.56. The number of rotatable bonds is 5. The van der Waals surface area contributed by atoms with Crippen LogP contribution in [0.25, 0.3) is 22.9 Å². The van der Waals surface area contributed by atoms with Crippen molar-refractivity contribution in [3.8, 4) is 11.3 Å². The Hall–Kier alpha value is -3.41. The fourth-order valence-corrected chi connectivity index (χ4v) is 4.02. The number of esters is 1. The van der Waals surface area contributed by atoms with Crippen LogP contribution in [0.4, 0.5) is 0 Å². The van der Waals surface area contributed by atoms with E-state index in [4.69, 9.17) is 9.84 Å². The number of piperidine rings is 1. The van der Waals surface area contributed by atoms with Crippen molar-refractivity contribution in [2.75, 3.05) is 13.7 Å². The topological polar surface area (TPSA) is 63.9 Å². The Morgan fingerprint density at radius 1 is 1.13 bits per heavy atom. The molecule has 0 radical (unpaired) electrons. The number of carbonyl (C=O) groups is 2. The summed E-state index contributed by atoms with van der Waals surface area (Å²) < 4.78 is 6.63. The van der Waals surface area contributed by atoms with Crippen molar-refractivity contribution in [2.24, 2.45) is 0 Å². The molecule has 3 aromatic rings. The van der Waals surface area contributed by atoms with Gasteiger partial charge in [0.25, 0.3) is 0 Å². The summed E-state index contributed by atoms with van der Waals surface area (Å²) in [5.74, 6) is -0.365. The lowest BCUT2D eigenvalue weighted by molar-refractivity contribution is -0.143. The molecule has 30 heavy (non-hydrogen) atoms. The first-order valence-electron chi connectivity index (χ1n) is 10.3. The predicted molar refractivity (Wildman–Crippen MR) is 116 cm³/mol. The van der Waals surface area contributed by atoms with E-state index in [0.717, 1.165) is 41.6 Å². The number of hydrogen-bond acceptors (Lipinski definition) is 4. The van der Waals surface area contributed by atoms with Crippen LogP contribution >= 0.6 is 0 Å². The van der Waals surface area contributed by atoms with Crippen LogP contribution < -0.4 is 0 Å². The molecule has 0 bridgehead atoms. The molecule has 0 N–H and O–H groups in total. The van der Waals surface area contributed by atoms with Crippen LogP contribution in [0.15, 0.2) is 60.8 Å². The van der Waals surface area contributed by atoms with E-state index in [1.165, 1.54) is 7.11 Å². The minimum Gasteiger partial charge on any atom is -0.469 e. The van der Waals surface area contributed by atoms with Gasteiger partial charge in [-0.1, -0.05) is 36.4 Å². The number of amides is 1. The van der Waals surface area contributed by atoms with E-state index in [2.05, 4.69) is 0 Å². The number of fused-ring (bicyclic) bond motifs is 1. The minimum absolute atomic E-state index is 0.0853. The Bertz CT molecular complexity index is 1070. The van der Waals surface area contributed by atoms with Gasteiger partial charge in [-0.15, -0.1) is 0 Å². The second-order valence-corrected chi connectivity index (χ2v) is 7.45. The van der Waals surface area contributed by atoms with Crippen LogP contribution in [0.5, 0.6) is 0 Å². The highest BCUT2D eigenvalue weighted by Crippen LogP contribution is 2.28. The van der Waals surface area contributed by atoms with Gasteiger partial charge < -0.3 is 9.64 Å². The van der Waals surface area contributed by atoms with Crippen molar-refractivity contribution >= 4 is 23.5 Å². The van der Waals surface area contributed by atoms with Gasteiger partial charge in [0.2, 0.25) is 5.91 Å². The Balaban J connectivity index is 1.64. The first kappa shape index (κ1) is 19.9. The number of likely N-dealkylation sites (tertiary alicyclic amines) is 1. The lowest BCUT2D eigenvalue weighted by Crippen LogP contribution is -2.44. The van der Waals surface area contributed by atoms with Crippen molar-refractivity contribution in [3.05, 3.63) is 66.4 Å². The maximum Gasteiger partial charge on any atom is 0.307 e. The third-order valence-corrected chi connectivity index (χ3v) is 5.56. The summed E-state index contributed by atoms with van der Waals surface area (Å²) in [5, 5.41) is 4.72. The molecule has 1 fully saturated rings. The van der Waals surface area contributed by atoms with Crippen molar-refractivity contribution in [3.63, 3.8) is 0 Å². The van der Waals surface area contributed by atoms with E-state index in [0.29, 0.717) is 6.54 Å². The Morgan fingerprint density at radius 2 is 1.93 bits per heavy atom. The fraction of sp³-hybridized carbons (Fsp3) is 0.292. The molecule has 6 nitrogen and oxygen atoms in total. The maximum absolute atomic E-state index is 13.0. The summed E-state index contributed by atoms with van der Waals surface area (Å²) in [6.07, 6.45) is 8.37. The van der Waals surface area contributed by atoms with Gasteiger partial charge in [-0.05, 0) is 37.5 Å². The normalized spacial score (nSPS) is 16.8. The summed E-state index contributed by atoms with van der Waals surface area (Å²) in [4.78, 5) is 26.6. The van der Waals surface area contributed by atoms with Gasteiger partial charge in [-0.2, -0.15) is 5.10 Å². The molecule has 154 valence electrons. The van der Waals surface area contributed by atoms with E-state index in [9.17, 15) is 9.59 Å². The Labute approximate surface area is 175 Å². The van der Waals surface area contributed by atoms with E-state index in [-0.39, 0.29) is 24.3 Å². The quantitative estimate of drug-likeness (QED) is 0.478. The predicted octanol–water partition coefficient (Wildman–Crippen LogP) is 3.96. The van der Waals surface area contributed by atoms with Gasteiger partial charge in [-0.3, -0.25) is 9.59 Å². The summed E-state index contributed by atoms with van der Waals surface area (Å²) in [5.41, 5.74) is 3.66. The third kappa shape index (κ3) is 4.13. The molecule has 0 spiro atoms. The first-order chi connectivity index (χ1) is 14.7. The fourth-order valence-electron chi connectivity index (χ4n) is 4.02. The SMILES string of the molecule is COC(=O)C[C@@H]1CCCCN1C(=O)C=Cc1c(-c2ccccc2)nn2ccccc12. The molecule has 4 rings (SSSR count). The number of benzene rings is 1. The van der Waals surface area contributed by atoms with Crippen molar-refractivity contribution < 1.29 is 14.3 Å². The summed E-state index contributed by atoms with van der Waals surface area (Å²) in [6, 6.07) is 15.7. The molecule has 1 amide bonds. The van der Waals surface area contributed by atoms with Gasteiger partial charge in [0.1, 0.15) is 5.69 Å². The van der Waals surface area contributed by atoms with Crippen LogP contribution in [0.2, 0.25) is 0 Å². The van der Waals surface area contributed by atoms with Crippen LogP contribution in [0, 0.1) is 0 Å². The smallest absolute Gasteiger partial charge is 0.307 e. The highest BCUT2D eigenvalue weighted by molar-refractivity contribution is 5.95. The van der Waals surface area contributed by atoms with E-state index >= 15 is 0 Å². The van der Waals surface area contributed by atoms with Gasteiger partial charge >= 0.3 is 5.97 Å². The number of aromatic nitrogens is 2. The van der Waals surface area contributed by atoms with Crippen LogP contribution in [0.1, 0.15) is 31.2 Å². The number of methoxy groups -OCH3 is 1. The lowest BCUT2D eigenvalue weighted by atomic mass is 9.99. The second-order valence-electron chi connectivity index (χ2n) is 7.45. The first-order valence-corrected chi connectivity index (χ1v) is 10.3. The molecule has 6 heteroatoms. The summed E-state index contributed by atoms with van der Waals surface area (Å²) in [6.45, 7) is 0.658. The zero-order chi connectivity index (χ0) is 20.9. The maximum atomic E-state index is 13.0. The lowest BCUT2D eigenvalue weighted by Gasteiger charge is -2.34. The molecular formula is C24H25N3O3. The van der Waals surface area contributed by atoms with Gasteiger partial charge in [0.05, 0.1) is 19.0 Å². The molecule has 1 aliphatic heterocycles. The zero-order valence-electron chi connectivity index (χ0n) is 17.0. The minimum atomic E-state index is -0.280. The van der Waals surface area contributed by atoms with Crippen molar-refractivity contribution in [2.45, 2.75) is 31.7 Å². The van der Waals surface area contributed by atoms with Crippen LogP contribution in [0.3, 0.4) is 0 Å².